The summed E-state index contributed by atoms with van der Waals surface area (Å²) in [5.41, 5.74) is 1.90. The monoisotopic (exact) mass is 186 g/mol. The maximum absolute atomic E-state index is 3.93. The highest BCUT2D eigenvalue weighted by molar-refractivity contribution is 5.30. The van der Waals surface area contributed by atoms with Crippen LogP contribution in [0.15, 0.2) is 43.0 Å². The Morgan fingerprint density at radius 3 is 2.36 bits per heavy atom. The van der Waals surface area contributed by atoms with E-state index in [1.807, 2.05) is 0 Å². The molecular formula is C14H18. The molecule has 14 heavy (non-hydrogen) atoms. The molecule has 0 heterocycles. The summed E-state index contributed by atoms with van der Waals surface area (Å²) >= 11 is 0. The Kier molecular flexibility index (Phi) is 2.45. The second-order valence-electron chi connectivity index (χ2n) is 4.40. The predicted octanol–water partition coefficient (Wildman–Crippen LogP) is 3.93. The summed E-state index contributed by atoms with van der Waals surface area (Å²) in [6.45, 7) is 6.22. The van der Waals surface area contributed by atoms with Crippen LogP contribution in [-0.2, 0) is 5.41 Å². The summed E-state index contributed by atoms with van der Waals surface area (Å²) in [4.78, 5) is 0. The highest BCUT2D eigenvalue weighted by atomic mass is 14.5. The quantitative estimate of drug-likeness (QED) is 0.627. The fraction of sp³-hybridized carbons (Fsp3) is 0.429. The van der Waals surface area contributed by atoms with Crippen LogP contribution in [0.25, 0.3) is 0 Å². The molecule has 0 N–H and O–H groups in total. The molecule has 0 spiro atoms. The molecule has 1 fully saturated rings. The maximum atomic E-state index is 3.93. The number of hydrogen-bond acceptors (Lipinski definition) is 0. The molecule has 0 amide bonds. The average molecular weight is 186 g/mol. The smallest absolute Gasteiger partial charge is 0.00130 e. The average Bonchev–Trinajstić information content (AvgIpc) is 2.17. The van der Waals surface area contributed by atoms with Crippen molar-refractivity contribution in [3.05, 3.63) is 48.6 Å². The Morgan fingerprint density at radius 1 is 1.29 bits per heavy atom. The third-order valence-corrected chi connectivity index (χ3v) is 3.82. The fourth-order valence-corrected chi connectivity index (χ4v) is 2.56. The van der Waals surface area contributed by atoms with Gasteiger partial charge in [-0.15, -0.1) is 6.58 Å². The maximum Gasteiger partial charge on any atom is 0.00130 e. The van der Waals surface area contributed by atoms with Crippen molar-refractivity contribution in [1.82, 2.24) is 0 Å². The van der Waals surface area contributed by atoms with Crippen LogP contribution >= 0.6 is 0 Å². The molecule has 1 saturated carbocycles. The Labute approximate surface area is 86.7 Å². The summed E-state index contributed by atoms with van der Waals surface area (Å²) < 4.78 is 0. The first-order valence-corrected chi connectivity index (χ1v) is 5.48. The molecule has 1 aliphatic rings. The molecule has 0 bridgehead atoms. The minimum atomic E-state index is 0.406. The van der Waals surface area contributed by atoms with Crippen molar-refractivity contribution in [1.29, 1.82) is 0 Å². The first-order chi connectivity index (χ1) is 6.79. The third-order valence-electron chi connectivity index (χ3n) is 3.82. The van der Waals surface area contributed by atoms with E-state index in [0.29, 0.717) is 11.3 Å². The molecule has 0 heteroatoms. The molecule has 0 aliphatic heterocycles. The van der Waals surface area contributed by atoms with Crippen LogP contribution in [0.3, 0.4) is 0 Å². The van der Waals surface area contributed by atoms with Gasteiger partial charge >= 0.3 is 0 Å². The van der Waals surface area contributed by atoms with Crippen molar-refractivity contribution in [2.45, 2.75) is 31.6 Å². The molecule has 2 rings (SSSR count). The van der Waals surface area contributed by atoms with Gasteiger partial charge in [-0.3, -0.25) is 0 Å². The summed E-state index contributed by atoms with van der Waals surface area (Å²) in [5.74, 6) is 0.596. The Morgan fingerprint density at radius 2 is 1.93 bits per heavy atom. The summed E-state index contributed by atoms with van der Waals surface area (Å²) in [6, 6.07) is 10.9. The zero-order valence-electron chi connectivity index (χ0n) is 8.87. The van der Waals surface area contributed by atoms with Crippen LogP contribution in [-0.4, -0.2) is 0 Å². The van der Waals surface area contributed by atoms with Crippen LogP contribution < -0.4 is 0 Å². The lowest BCUT2D eigenvalue weighted by Gasteiger charge is -2.46. The van der Waals surface area contributed by atoms with Gasteiger partial charge in [0.1, 0.15) is 0 Å². The second kappa shape index (κ2) is 3.61. The van der Waals surface area contributed by atoms with Gasteiger partial charge in [0.2, 0.25) is 0 Å². The number of hydrogen-bond donors (Lipinski definition) is 0. The van der Waals surface area contributed by atoms with Crippen molar-refractivity contribution >= 4 is 0 Å². The number of allylic oxidation sites excluding steroid dienone is 1. The normalized spacial score (nSPS) is 20.9. The van der Waals surface area contributed by atoms with Gasteiger partial charge in [0, 0.05) is 5.41 Å². The molecule has 0 nitrogen and oxygen atoms in total. The molecule has 0 saturated heterocycles. The molecular weight excluding hydrogens is 168 g/mol. The van der Waals surface area contributed by atoms with Crippen molar-refractivity contribution in [2.75, 3.05) is 0 Å². The number of rotatable bonds is 3. The van der Waals surface area contributed by atoms with E-state index in [1.165, 1.54) is 24.8 Å². The molecule has 1 atom stereocenters. The van der Waals surface area contributed by atoms with Crippen molar-refractivity contribution in [3.8, 4) is 0 Å². The molecule has 74 valence electrons. The lowest BCUT2D eigenvalue weighted by Crippen LogP contribution is -2.39. The lowest BCUT2D eigenvalue weighted by atomic mass is 9.58. The first-order valence-electron chi connectivity index (χ1n) is 5.48. The largest absolute Gasteiger partial charge is 0.103 e. The minimum absolute atomic E-state index is 0.406. The highest BCUT2D eigenvalue weighted by Crippen LogP contribution is 2.49. The molecule has 0 aromatic heterocycles. The van der Waals surface area contributed by atoms with E-state index in [4.69, 9.17) is 0 Å². The van der Waals surface area contributed by atoms with Crippen molar-refractivity contribution in [3.63, 3.8) is 0 Å². The molecule has 1 aromatic rings. The second-order valence-corrected chi connectivity index (χ2v) is 4.40. The lowest BCUT2D eigenvalue weighted by molar-refractivity contribution is 0.187. The fourth-order valence-electron chi connectivity index (χ4n) is 2.56. The summed E-state index contributed by atoms with van der Waals surface area (Å²) in [6.07, 6.45) is 6.12. The Hall–Kier alpha value is -1.04. The standard InChI is InChI=1S/C14H18/c1-3-12(2)14(10-7-11-14)13-8-5-4-6-9-13/h3-6,8-9,12H,1,7,10-11H2,2H3/t12-/m1/s1. The minimum Gasteiger partial charge on any atom is -0.103 e. The van der Waals surface area contributed by atoms with Gasteiger partial charge in [-0.2, -0.15) is 0 Å². The van der Waals surface area contributed by atoms with Gasteiger partial charge in [0.05, 0.1) is 0 Å². The van der Waals surface area contributed by atoms with Crippen LogP contribution in [0.5, 0.6) is 0 Å². The van der Waals surface area contributed by atoms with Gasteiger partial charge in [-0.25, -0.2) is 0 Å². The van der Waals surface area contributed by atoms with Crippen LogP contribution in [0.1, 0.15) is 31.7 Å². The zero-order chi connectivity index (χ0) is 10.0. The van der Waals surface area contributed by atoms with Crippen LogP contribution in [0.4, 0.5) is 0 Å². The van der Waals surface area contributed by atoms with E-state index in [2.05, 4.69) is 49.9 Å². The van der Waals surface area contributed by atoms with Gasteiger partial charge < -0.3 is 0 Å². The molecule has 1 aliphatic carbocycles. The Balaban J connectivity index is 2.33. The van der Waals surface area contributed by atoms with E-state index in [0.717, 1.165) is 0 Å². The third kappa shape index (κ3) is 1.30. The summed E-state index contributed by atoms with van der Waals surface area (Å²) in [5, 5.41) is 0. The van der Waals surface area contributed by atoms with Crippen molar-refractivity contribution < 1.29 is 0 Å². The van der Waals surface area contributed by atoms with E-state index < -0.39 is 0 Å². The zero-order valence-corrected chi connectivity index (χ0v) is 8.87. The van der Waals surface area contributed by atoms with Crippen molar-refractivity contribution in [2.24, 2.45) is 5.92 Å². The van der Waals surface area contributed by atoms with Crippen LogP contribution in [0, 0.1) is 5.92 Å². The predicted molar refractivity (Wildman–Crippen MR) is 61.3 cm³/mol. The van der Waals surface area contributed by atoms with E-state index in [1.54, 1.807) is 0 Å². The summed E-state index contributed by atoms with van der Waals surface area (Å²) in [7, 11) is 0. The van der Waals surface area contributed by atoms with Gasteiger partial charge in [-0.1, -0.05) is 49.8 Å². The van der Waals surface area contributed by atoms with Gasteiger partial charge in [-0.05, 0) is 24.3 Å². The molecule has 0 unspecified atom stereocenters. The van der Waals surface area contributed by atoms with Gasteiger partial charge in [0.15, 0.2) is 0 Å². The topological polar surface area (TPSA) is 0 Å². The Bertz CT molecular complexity index is 306. The first kappa shape index (κ1) is 9.51. The SMILES string of the molecule is C=C[C@@H](C)C1(c2ccccc2)CCC1. The van der Waals surface area contributed by atoms with E-state index >= 15 is 0 Å². The molecule has 0 radical (unpaired) electrons. The number of benzene rings is 1. The highest BCUT2D eigenvalue weighted by Gasteiger charge is 2.41. The molecule has 1 aromatic carbocycles. The van der Waals surface area contributed by atoms with E-state index in [-0.39, 0.29) is 0 Å². The van der Waals surface area contributed by atoms with Gasteiger partial charge in [0.25, 0.3) is 0 Å². The van der Waals surface area contributed by atoms with Crippen LogP contribution in [0.2, 0.25) is 0 Å². The van der Waals surface area contributed by atoms with E-state index in [9.17, 15) is 0 Å².